The third kappa shape index (κ3) is 3.26. The van der Waals surface area contributed by atoms with E-state index in [1.165, 1.54) is 24.8 Å². The number of rotatable bonds is 5. The predicted molar refractivity (Wildman–Crippen MR) is 65.2 cm³/mol. The Morgan fingerprint density at radius 1 is 1.13 bits per heavy atom. The molecule has 1 heteroatoms. The van der Waals surface area contributed by atoms with Gasteiger partial charge in [0.05, 0.1) is 0 Å². The fourth-order valence-corrected chi connectivity index (χ4v) is 2.10. The maximum Gasteiger partial charge on any atom is 0.115 e. The molecule has 0 radical (unpaired) electrons. The molecule has 0 spiro atoms. The van der Waals surface area contributed by atoms with Crippen LogP contribution < -0.4 is 0 Å². The highest BCUT2D eigenvalue weighted by atomic mass is 16.3. The summed E-state index contributed by atoms with van der Waals surface area (Å²) in [5, 5.41) is 9.26. The maximum absolute atomic E-state index is 9.26. The molecule has 0 aliphatic rings. The molecule has 2 atom stereocenters. The summed E-state index contributed by atoms with van der Waals surface area (Å²) in [6, 6.07) is 7.70. The Morgan fingerprint density at radius 3 is 2.20 bits per heavy atom. The molecule has 1 N–H and O–H groups in total. The van der Waals surface area contributed by atoms with Crippen LogP contribution >= 0.6 is 0 Å². The Balaban J connectivity index is 2.83. The van der Waals surface area contributed by atoms with Crippen molar-refractivity contribution in [2.24, 2.45) is 5.92 Å². The molecule has 0 fully saturated rings. The van der Waals surface area contributed by atoms with E-state index in [-0.39, 0.29) is 0 Å². The van der Waals surface area contributed by atoms with Crippen LogP contribution in [0.25, 0.3) is 0 Å². The summed E-state index contributed by atoms with van der Waals surface area (Å²) < 4.78 is 0. The lowest BCUT2D eigenvalue weighted by molar-refractivity contribution is 0.417. The van der Waals surface area contributed by atoms with E-state index in [0.29, 0.717) is 11.7 Å². The minimum atomic E-state index is 0.359. The molecule has 15 heavy (non-hydrogen) atoms. The average Bonchev–Trinajstić information content (AvgIpc) is 2.26. The Kier molecular flexibility index (Phi) is 4.67. The van der Waals surface area contributed by atoms with Crippen molar-refractivity contribution in [3.8, 4) is 5.75 Å². The Labute approximate surface area is 93.1 Å². The molecule has 0 aliphatic heterocycles. The summed E-state index contributed by atoms with van der Waals surface area (Å²) in [5.74, 6) is 1.72. The second kappa shape index (κ2) is 5.79. The lowest BCUT2D eigenvalue weighted by atomic mass is 9.82. The van der Waals surface area contributed by atoms with E-state index >= 15 is 0 Å². The lowest BCUT2D eigenvalue weighted by Crippen LogP contribution is -2.08. The van der Waals surface area contributed by atoms with Gasteiger partial charge in [-0.1, -0.05) is 45.7 Å². The topological polar surface area (TPSA) is 20.2 Å². The number of phenols is 1. The fraction of sp³-hybridized carbons (Fsp3) is 0.571. The van der Waals surface area contributed by atoms with Gasteiger partial charge in [0.1, 0.15) is 5.75 Å². The van der Waals surface area contributed by atoms with Gasteiger partial charge in [0.25, 0.3) is 0 Å². The molecule has 0 aromatic heterocycles. The van der Waals surface area contributed by atoms with Crippen LogP contribution in [0.5, 0.6) is 5.75 Å². The second-order valence-electron chi connectivity index (χ2n) is 4.37. The molecule has 0 saturated carbocycles. The van der Waals surface area contributed by atoms with E-state index in [4.69, 9.17) is 0 Å². The third-order valence-corrected chi connectivity index (χ3v) is 3.25. The first-order chi connectivity index (χ1) is 7.19. The van der Waals surface area contributed by atoms with Crippen molar-refractivity contribution in [2.45, 2.75) is 46.0 Å². The Bertz CT molecular complexity index is 276. The van der Waals surface area contributed by atoms with Crippen LogP contribution in [0.4, 0.5) is 0 Å². The van der Waals surface area contributed by atoms with Gasteiger partial charge >= 0.3 is 0 Å². The number of phenolic OH excluding ortho intramolecular Hbond substituents is 1. The van der Waals surface area contributed by atoms with Crippen LogP contribution in [0, 0.1) is 5.92 Å². The molecule has 0 bridgehead atoms. The highest BCUT2D eigenvalue weighted by molar-refractivity contribution is 5.28. The van der Waals surface area contributed by atoms with Crippen LogP contribution in [0.1, 0.15) is 51.5 Å². The van der Waals surface area contributed by atoms with Crippen LogP contribution in [0.15, 0.2) is 24.3 Å². The zero-order valence-corrected chi connectivity index (χ0v) is 10.0. The van der Waals surface area contributed by atoms with Gasteiger partial charge in [-0.05, 0) is 36.0 Å². The number of hydrogen-bond donors (Lipinski definition) is 1. The lowest BCUT2D eigenvalue weighted by Gasteiger charge is -2.23. The fourth-order valence-electron chi connectivity index (χ4n) is 2.10. The molecule has 0 heterocycles. The van der Waals surface area contributed by atoms with E-state index in [1.807, 2.05) is 0 Å². The van der Waals surface area contributed by atoms with E-state index in [2.05, 4.69) is 32.9 Å². The molecule has 1 rings (SSSR count). The van der Waals surface area contributed by atoms with E-state index in [9.17, 15) is 5.11 Å². The molecule has 0 amide bonds. The van der Waals surface area contributed by atoms with Gasteiger partial charge in [0.2, 0.25) is 0 Å². The van der Waals surface area contributed by atoms with Crippen LogP contribution in [0.3, 0.4) is 0 Å². The zero-order valence-electron chi connectivity index (χ0n) is 10.0. The highest BCUT2D eigenvalue weighted by Crippen LogP contribution is 2.31. The summed E-state index contributed by atoms with van der Waals surface area (Å²) in [6.45, 7) is 6.79. The molecule has 1 aromatic carbocycles. The van der Waals surface area contributed by atoms with Gasteiger partial charge in [-0.2, -0.15) is 0 Å². The molecular weight excluding hydrogens is 184 g/mol. The van der Waals surface area contributed by atoms with E-state index in [1.54, 1.807) is 12.1 Å². The minimum Gasteiger partial charge on any atom is -0.508 e. The van der Waals surface area contributed by atoms with Crippen molar-refractivity contribution >= 4 is 0 Å². The van der Waals surface area contributed by atoms with Gasteiger partial charge in [-0.15, -0.1) is 0 Å². The van der Waals surface area contributed by atoms with Gasteiger partial charge in [-0.3, -0.25) is 0 Å². The first-order valence-corrected chi connectivity index (χ1v) is 5.98. The predicted octanol–water partition coefficient (Wildman–Crippen LogP) is 4.32. The summed E-state index contributed by atoms with van der Waals surface area (Å²) >= 11 is 0. The largest absolute Gasteiger partial charge is 0.508 e. The van der Waals surface area contributed by atoms with Crippen molar-refractivity contribution in [2.75, 3.05) is 0 Å². The monoisotopic (exact) mass is 206 g/mol. The molecule has 0 saturated heterocycles. The van der Waals surface area contributed by atoms with E-state index < -0.39 is 0 Å². The van der Waals surface area contributed by atoms with Crippen molar-refractivity contribution < 1.29 is 5.11 Å². The first kappa shape index (κ1) is 12.1. The molecule has 84 valence electrons. The van der Waals surface area contributed by atoms with Crippen LogP contribution in [0.2, 0.25) is 0 Å². The van der Waals surface area contributed by atoms with Crippen molar-refractivity contribution in [1.82, 2.24) is 0 Å². The average molecular weight is 206 g/mol. The number of benzene rings is 1. The quantitative estimate of drug-likeness (QED) is 0.760. The minimum absolute atomic E-state index is 0.359. The van der Waals surface area contributed by atoms with Gasteiger partial charge < -0.3 is 5.11 Å². The van der Waals surface area contributed by atoms with Crippen molar-refractivity contribution in [1.29, 1.82) is 0 Å². The smallest absolute Gasteiger partial charge is 0.115 e. The second-order valence-corrected chi connectivity index (χ2v) is 4.37. The Hall–Kier alpha value is -0.980. The zero-order chi connectivity index (χ0) is 11.3. The summed E-state index contributed by atoms with van der Waals surface area (Å²) in [5.41, 5.74) is 1.36. The van der Waals surface area contributed by atoms with Crippen molar-refractivity contribution in [3.63, 3.8) is 0 Å². The molecular formula is C14H22O. The number of hydrogen-bond acceptors (Lipinski definition) is 1. The highest BCUT2D eigenvalue weighted by Gasteiger charge is 2.16. The SMILES string of the molecule is CCCC(c1ccc(O)cc1)C(C)CC. The van der Waals surface area contributed by atoms with Crippen LogP contribution in [-0.2, 0) is 0 Å². The molecule has 1 aromatic rings. The van der Waals surface area contributed by atoms with E-state index in [0.717, 1.165) is 5.92 Å². The van der Waals surface area contributed by atoms with Gasteiger partial charge in [0.15, 0.2) is 0 Å². The normalized spacial score (nSPS) is 14.9. The first-order valence-electron chi connectivity index (χ1n) is 5.98. The third-order valence-electron chi connectivity index (χ3n) is 3.25. The maximum atomic E-state index is 9.26. The Morgan fingerprint density at radius 2 is 1.73 bits per heavy atom. The molecule has 1 nitrogen and oxygen atoms in total. The molecule has 0 aliphatic carbocycles. The number of aromatic hydroxyl groups is 1. The summed E-state index contributed by atoms with van der Waals surface area (Å²) in [7, 11) is 0. The van der Waals surface area contributed by atoms with Crippen LogP contribution in [-0.4, -0.2) is 5.11 Å². The molecule has 2 unspecified atom stereocenters. The van der Waals surface area contributed by atoms with Crippen molar-refractivity contribution in [3.05, 3.63) is 29.8 Å². The van der Waals surface area contributed by atoms with Gasteiger partial charge in [0, 0.05) is 0 Å². The summed E-state index contributed by atoms with van der Waals surface area (Å²) in [6.07, 6.45) is 3.67. The standard InChI is InChI=1S/C14H22O/c1-4-6-14(11(3)5-2)12-7-9-13(15)10-8-12/h7-11,14-15H,4-6H2,1-3H3. The summed E-state index contributed by atoms with van der Waals surface area (Å²) in [4.78, 5) is 0. The van der Waals surface area contributed by atoms with Gasteiger partial charge in [-0.25, -0.2) is 0 Å².